The Morgan fingerprint density at radius 3 is 2.83 bits per heavy atom. The van der Waals surface area contributed by atoms with Crippen molar-refractivity contribution in [2.45, 2.75) is 38.8 Å². The van der Waals surface area contributed by atoms with Crippen LogP contribution in [-0.2, 0) is 13.1 Å². The van der Waals surface area contributed by atoms with Gasteiger partial charge < -0.3 is 14.3 Å². The van der Waals surface area contributed by atoms with Crippen molar-refractivity contribution in [1.29, 1.82) is 0 Å². The third-order valence-corrected chi connectivity index (χ3v) is 5.12. The van der Waals surface area contributed by atoms with Crippen LogP contribution in [0.2, 0.25) is 0 Å². The zero-order valence-corrected chi connectivity index (χ0v) is 13.9. The molecule has 0 atom stereocenters. The molecule has 128 valence electrons. The molecule has 4 rings (SSSR count). The van der Waals surface area contributed by atoms with E-state index in [-0.39, 0.29) is 11.3 Å². The summed E-state index contributed by atoms with van der Waals surface area (Å²) in [5, 5.41) is 3.04. The highest BCUT2D eigenvalue weighted by molar-refractivity contribution is 5.91. The fraction of sp³-hybridized carbons (Fsp3) is 0.556. The normalized spacial score (nSPS) is 19.5. The number of hydrogen-bond acceptors (Lipinski definition) is 4. The number of nitrogens with zero attached hydrogens (tertiary/aromatic N) is 3. The average Bonchev–Trinajstić information content (AvgIpc) is 3.06. The van der Waals surface area contributed by atoms with E-state index < -0.39 is 0 Å². The van der Waals surface area contributed by atoms with Gasteiger partial charge in [-0.1, -0.05) is 0 Å². The lowest BCUT2D eigenvalue weighted by atomic mass is 10.1. The summed E-state index contributed by atoms with van der Waals surface area (Å²) in [7, 11) is 0. The van der Waals surface area contributed by atoms with Crippen LogP contribution in [0.4, 0.5) is 0 Å². The summed E-state index contributed by atoms with van der Waals surface area (Å²) in [5.74, 6) is 1.18. The first-order valence-corrected chi connectivity index (χ1v) is 8.78. The minimum absolute atomic E-state index is 0.112. The van der Waals surface area contributed by atoms with Gasteiger partial charge >= 0.3 is 0 Å². The summed E-state index contributed by atoms with van der Waals surface area (Å²) in [5.41, 5.74) is 0.182. The predicted molar refractivity (Wildman–Crippen MR) is 89.4 cm³/mol. The van der Waals surface area contributed by atoms with Crippen LogP contribution in [0.25, 0.3) is 0 Å². The van der Waals surface area contributed by atoms with Gasteiger partial charge in [0.05, 0.1) is 12.9 Å². The molecule has 1 saturated heterocycles. The van der Waals surface area contributed by atoms with E-state index in [2.05, 4.69) is 19.8 Å². The van der Waals surface area contributed by atoms with Gasteiger partial charge in [-0.2, -0.15) is 0 Å². The number of carbonyl (C=O) groups is 1. The quantitative estimate of drug-likeness (QED) is 0.847. The molecule has 2 aromatic heterocycles. The van der Waals surface area contributed by atoms with Crippen LogP contribution in [0, 0.1) is 5.41 Å². The summed E-state index contributed by atoms with van der Waals surface area (Å²) in [6.45, 7) is 4.65. The summed E-state index contributed by atoms with van der Waals surface area (Å²) < 4.78 is 7.81. The fourth-order valence-corrected chi connectivity index (χ4v) is 3.44. The molecule has 0 unspecified atom stereocenters. The summed E-state index contributed by atoms with van der Waals surface area (Å²) in [6.07, 6.45) is 10.4. The number of likely N-dealkylation sites (tertiary alicyclic amines) is 1. The van der Waals surface area contributed by atoms with Crippen molar-refractivity contribution in [3.63, 3.8) is 0 Å². The largest absolute Gasteiger partial charge is 0.455 e. The smallest absolute Gasteiger partial charge is 0.287 e. The predicted octanol–water partition coefficient (Wildman–Crippen LogP) is 2.28. The number of furan rings is 1. The van der Waals surface area contributed by atoms with Crippen LogP contribution in [0.15, 0.2) is 35.3 Å². The fourth-order valence-electron chi connectivity index (χ4n) is 3.44. The molecule has 1 amide bonds. The van der Waals surface area contributed by atoms with Crippen LogP contribution >= 0.6 is 0 Å². The first-order valence-electron chi connectivity index (χ1n) is 8.78. The highest BCUT2D eigenvalue weighted by atomic mass is 16.4. The van der Waals surface area contributed by atoms with Crippen molar-refractivity contribution in [3.8, 4) is 0 Å². The van der Waals surface area contributed by atoms with Crippen LogP contribution in [0.3, 0.4) is 0 Å². The first kappa shape index (κ1) is 15.4. The van der Waals surface area contributed by atoms with Gasteiger partial charge in [-0.05, 0) is 50.9 Å². The van der Waals surface area contributed by atoms with Gasteiger partial charge in [-0.15, -0.1) is 0 Å². The molecule has 1 N–H and O–H groups in total. The molecule has 2 aliphatic rings. The van der Waals surface area contributed by atoms with E-state index in [0.29, 0.717) is 12.3 Å². The van der Waals surface area contributed by atoms with Gasteiger partial charge in [0.2, 0.25) is 0 Å². The van der Waals surface area contributed by atoms with Crippen LogP contribution in [0.1, 0.15) is 42.0 Å². The third-order valence-electron chi connectivity index (χ3n) is 5.12. The lowest BCUT2D eigenvalue weighted by Crippen LogP contribution is -2.32. The molecule has 6 nitrogen and oxygen atoms in total. The van der Waals surface area contributed by atoms with Crippen LogP contribution < -0.4 is 5.32 Å². The van der Waals surface area contributed by atoms with Crippen molar-refractivity contribution in [2.75, 3.05) is 19.6 Å². The second-order valence-corrected chi connectivity index (χ2v) is 7.17. The number of imidazole rings is 1. The Morgan fingerprint density at radius 1 is 1.29 bits per heavy atom. The average molecular weight is 328 g/mol. The molecular formula is C18H24N4O2. The molecule has 2 aromatic rings. The van der Waals surface area contributed by atoms with Gasteiger partial charge in [-0.25, -0.2) is 4.98 Å². The molecule has 2 fully saturated rings. The van der Waals surface area contributed by atoms with E-state index >= 15 is 0 Å². The van der Waals surface area contributed by atoms with Crippen molar-refractivity contribution >= 4 is 5.91 Å². The SMILES string of the molecule is O=C(NCC1(Cn2ccnc2)CC1)c1ccc(CN2CCCC2)o1. The zero-order chi connectivity index (χ0) is 16.4. The molecule has 1 aliphatic heterocycles. The molecule has 24 heavy (non-hydrogen) atoms. The second kappa shape index (κ2) is 6.43. The molecule has 6 heteroatoms. The van der Waals surface area contributed by atoms with E-state index in [4.69, 9.17) is 4.42 Å². The Bertz CT molecular complexity index is 682. The maximum atomic E-state index is 12.3. The monoisotopic (exact) mass is 328 g/mol. The molecule has 0 aromatic carbocycles. The Kier molecular flexibility index (Phi) is 4.14. The van der Waals surface area contributed by atoms with E-state index in [1.807, 2.05) is 18.6 Å². The molecule has 1 saturated carbocycles. The maximum absolute atomic E-state index is 12.3. The minimum Gasteiger partial charge on any atom is -0.455 e. The van der Waals surface area contributed by atoms with Gasteiger partial charge in [0.15, 0.2) is 5.76 Å². The molecule has 3 heterocycles. The number of amides is 1. The van der Waals surface area contributed by atoms with Gasteiger partial charge in [0.25, 0.3) is 5.91 Å². The highest BCUT2D eigenvalue weighted by Gasteiger charge is 2.43. The van der Waals surface area contributed by atoms with E-state index in [9.17, 15) is 4.79 Å². The number of rotatable bonds is 7. The van der Waals surface area contributed by atoms with Crippen molar-refractivity contribution < 1.29 is 9.21 Å². The van der Waals surface area contributed by atoms with Crippen LogP contribution in [0.5, 0.6) is 0 Å². The van der Waals surface area contributed by atoms with E-state index in [0.717, 1.165) is 44.8 Å². The van der Waals surface area contributed by atoms with Gasteiger partial charge in [-0.3, -0.25) is 9.69 Å². The van der Waals surface area contributed by atoms with Crippen molar-refractivity contribution in [3.05, 3.63) is 42.4 Å². The Labute approximate surface area is 141 Å². The standard InChI is InChI=1S/C18H24N4O2/c23-17(16-4-3-15(24-16)11-21-8-1-2-9-21)20-12-18(5-6-18)13-22-10-7-19-14-22/h3-4,7,10,14H,1-2,5-6,8-9,11-13H2,(H,20,23). The van der Waals surface area contributed by atoms with Crippen molar-refractivity contribution in [1.82, 2.24) is 19.8 Å². The Hall–Kier alpha value is -2.08. The number of aromatic nitrogens is 2. The molecule has 1 aliphatic carbocycles. The van der Waals surface area contributed by atoms with E-state index in [1.165, 1.54) is 12.8 Å². The topological polar surface area (TPSA) is 63.3 Å². The van der Waals surface area contributed by atoms with E-state index in [1.54, 1.807) is 12.3 Å². The number of carbonyl (C=O) groups excluding carboxylic acids is 1. The lowest BCUT2D eigenvalue weighted by Gasteiger charge is -2.16. The summed E-state index contributed by atoms with van der Waals surface area (Å²) >= 11 is 0. The highest BCUT2D eigenvalue weighted by Crippen LogP contribution is 2.46. The number of hydrogen-bond donors (Lipinski definition) is 1. The number of nitrogens with one attached hydrogen (secondary N) is 1. The van der Waals surface area contributed by atoms with Gasteiger partial charge in [0, 0.05) is 30.9 Å². The zero-order valence-electron chi connectivity index (χ0n) is 13.9. The second-order valence-electron chi connectivity index (χ2n) is 7.17. The molecule has 0 bridgehead atoms. The van der Waals surface area contributed by atoms with Crippen molar-refractivity contribution in [2.24, 2.45) is 5.41 Å². The Morgan fingerprint density at radius 2 is 2.12 bits per heavy atom. The van der Waals surface area contributed by atoms with Crippen LogP contribution in [-0.4, -0.2) is 40.0 Å². The van der Waals surface area contributed by atoms with Gasteiger partial charge in [0.1, 0.15) is 5.76 Å². The Balaban J connectivity index is 1.29. The molecule has 0 spiro atoms. The minimum atomic E-state index is -0.112. The molecular weight excluding hydrogens is 304 g/mol. The maximum Gasteiger partial charge on any atom is 0.287 e. The molecule has 0 radical (unpaired) electrons. The first-order chi connectivity index (χ1) is 11.7. The summed E-state index contributed by atoms with van der Waals surface area (Å²) in [6, 6.07) is 3.71. The summed E-state index contributed by atoms with van der Waals surface area (Å²) in [4.78, 5) is 18.8. The lowest BCUT2D eigenvalue weighted by molar-refractivity contribution is 0.0911. The third kappa shape index (κ3) is 3.53.